The van der Waals surface area contributed by atoms with Crippen LogP contribution in [0, 0.1) is 27.7 Å². The van der Waals surface area contributed by atoms with Crippen molar-refractivity contribution in [2.75, 3.05) is 0 Å². The molecule has 5 heteroatoms. The number of rotatable bonds is 4. The highest BCUT2D eigenvalue weighted by molar-refractivity contribution is 6.14. The zero-order chi connectivity index (χ0) is 44.9. The lowest BCUT2D eigenvalue weighted by atomic mass is 9.82. The number of aromatic nitrogens is 4. The van der Waals surface area contributed by atoms with E-state index >= 15 is 0 Å². The second-order valence-electron chi connectivity index (χ2n) is 19.5. The summed E-state index contributed by atoms with van der Waals surface area (Å²) in [7, 11) is 0. The van der Waals surface area contributed by atoms with Gasteiger partial charge in [-0.1, -0.05) is 109 Å². The molecule has 0 atom stereocenters. The van der Waals surface area contributed by atoms with Crippen LogP contribution in [-0.4, -0.2) is 9.13 Å². The molecule has 0 N–H and O–H groups in total. The van der Waals surface area contributed by atoms with Crippen molar-refractivity contribution in [3.63, 3.8) is 0 Å². The Balaban J connectivity index is 1.10. The fourth-order valence-corrected chi connectivity index (χ4v) is 13.5. The number of ether oxygens (including phenoxy) is 1. The van der Waals surface area contributed by atoms with Crippen molar-refractivity contribution in [2.24, 2.45) is 0 Å². The van der Waals surface area contributed by atoms with E-state index < -0.39 is 5.66 Å². The van der Waals surface area contributed by atoms with E-state index in [2.05, 4.69) is 228 Å². The molecule has 4 aliphatic heterocycles. The van der Waals surface area contributed by atoms with Crippen LogP contribution in [0.15, 0.2) is 182 Å². The largest absolute Gasteiger partial charge is 0.456 e. The number of fused-ring (bicyclic) bond motifs is 9. The molecule has 0 fully saturated rings. The second-order valence-corrected chi connectivity index (χ2v) is 19.5. The van der Waals surface area contributed by atoms with Crippen LogP contribution in [0.4, 0.5) is 0 Å². The molecule has 12 aromatic rings. The Kier molecular flexibility index (Phi) is 6.72. The average molecular weight is 871 g/mol. The minimum Gasteiger partial charge on any atom is -0.456 e. The van der Waals surface area contributed by atoms with Crippen LogP contribution < -0.4 is 13.9 Å². The van der Waals surface area contributed by atoms with Gasteiger partial charge in [-0.05, 0) is 155 Å². The summed E-state index contributed by atoms with van der Waals surface area (Å²) in [5.41, 5.74) is 23.6. The highest BCUT2D eigenvalue weighted by Crippen LogP contribution is 2.59. The van der Waals surface area contributed by atoms with Gasteiger partial charge in [-0.3, -0.25) is 0 Å². The fourth-order valence-electron chi connectivity index (χ4n) is 13.5. The number of pyridine rings is 2. The van der Waals surface area contributed by atoms with E-state index in [1.165, 1.54) is 133 Å². The summed E-state index contributed by atoms with van der Waals surface area (Å²) in [4.78, 5) is 0. The molecule has 0 saturated heterocycles. The molecule has 8 heterocycles. The Bertz CT molecular complexity index is 4000. The van der Waals surface area contributed by atoms with Crippen LogP contribution in [0.25, 0.3) is 111 Å². The molecule has 0 bridgehead atoms. The molecule has 0 saturated carbocycles. The molecule has 4 aromatic heterocycles. The van der Waals surface area contributed by atoms with E-state index in [1.54, 1.807) is 0 Å². The minimum absolute atomic E-state index is 0.800. The summed E-state index contributed by atoms with van der Waals surface area (Å²) in [6, 6.07) is 67.9. The van der Waals surface area contributed by atoms with Crippen molar-refractivity contribution < 1.29 is 13.9 Å². The summed E-state index contributed by atoms with van der Waals surface area (Å²) < 4.78 is 17.7. The van der Waals surface area contributed by atoms with Crippen molar-refractivity contribution in [3.8, 4) is 79.0 Å². The number of hydrogen-bond donors (Lipinski definition) is 0. The quantitative estimate of drug-likeness (QED) is 0.162. The highest BCUT2D eigenvalue weighted by atomic mass is 16.5. The molecule has 0 unspecified atom stereocenters. The van der Waals surface area contributed by atoms with Crippen LogP contribution in [0.3, 0.4) is 0 Å². The van der Waals surface area contributed by atoms with E-state index in [1.807, 2.05) is 0 Å². The molecule has 318 valence electrons. The first-order valence-corrected chi connectivity index (χ1v) is 23.8. The van der Waals surface area contributed by atoms with E-state index in [-0.39, 0.29) is 0 Å². The monoisotopic (exact) mass is 870 g/mol. The summed E-state index contributed by atoms with van der Waals surface area (Å²) >= 11 is 0. The average Bonchev–Trinajstić information content (AvgIpc) is 3.99. The molecule has 0 radical (unpaired) electrons. The van der Waals surface area contributed by atoms with E-state index in [9.17, 15) is 0 Å². The van der Waals surface area contributed by atoms with Crippen molar-refractivity contribution in [3.05, 3.63) is 215 Å². The number of para-hydroxylation sites is 2. The maximum absolute atomic E-state index is 7.24. The molecule has 1 spiro atoms. The van der Waals surface area contributed by atoms with Gasteiger partial charge in [0.1, 0.15) is 33.7 Å². The highest BCUT2D eigenvalue weighted by Gasteiger charge is 2.69. The predicted molar refractivity (Wildman–Crippen MR) is 273 cm³/mol. The third-order valence-corrected chi connectivity index (χ3v) is 15.8. The van der Waals surface area contributed by atoms with Gasteiger partial charge in [0.25, 0.3) is 11.6 Å². The van der Waals surface area contributed by atoms with Gasteiger partial charge in [-0.25, -0.2) is 0 Å². The van der Waals surface area contributed by atoms with Crippen molar-refractivity contribution in [1.82, 2.24) is 9.13 Å². The van der Waals surface area contributed by atoms with Gasteiger partial charge in [0.2, 0.25) is 0 Å². The molecule has 4 aliphatic rings. The summed E-state index contributed by atoms with van der Waals surface area (Å²) in [6.07, 6.45) is 0. The van der Waals surface area contributed by atoms with E-state index in [4.69, 9.17) is 4.74 Å². The van der Waals surface area contributed by atoms with Gasteiger partial charge in [0, 0.05) is 33.7 Å². The SMILES string of the molecule is Cc1cc(-c2ccccc2)cc(C)c1-c1cc2[n+]3c(c1)-n1c4ccccc4c4ccc5c(c41)C31c3c(ccc4c6ccccc6n(c34)-c3cc(-c4c(C)cc(-c6ccccc6)cc4C)cc-2[n+]31)O5. The molecule has 5 nitrogen and oxygen atoms in total. The Labute approximate surface area is 392 Å². The molecule has 68 heavy (non-hydrogen) atoms. The van der Waals surface area contributed by atoms with E-state index in [0.717, 1.165) is 23.1 Å². The predicted octanol–water partition coefficient (Wildman–Crippen LogP) is 14.4. The maximum Gasteiger partial charge on any atom is 0.323 e. The lowest BCUT2D eigenvalue weighted by Crippen LogP contribution is -2.75. The molecule has 0 amide bonds. The van der Waals surface area contributed by atoms with Gasteiger partial charge in [-0.2, -0.15) is 18.3 Å². The molecule has 8 aromatic carbocycles. The third-order valence-electron chi connectivity index (χ3n) is 15.8. The van der Waals surface area contributed by atoms with Gasteiger partial charge >= 0.3 is 5.66 Å². The fraction of sp³-hybridized carbons (Fsp3) is 0.0794. The summed E-state index contributed by atoms with van der Waals surface area (Å²) in [5.74, 6) is 4.08. The summed E-state index contributed by atoms with van der Waals surface area (Å²) in [5, 5.41) is 4.93. The zero-order valence-electron chi connectivity index (χ0n) is 38.0. The van der Waals surface area contributed by atoms with Crippen LogP contribution >= 0.6 is 0 Å². The lowest BCUT2D eigenvalue weighted by molar-refractivity contribution is -0.934. The number of benzene rings is 8. The topological polar surface area (TPSA) is 26.8 Å². The third kappa shape index (κ3) is 4.26. The van der Waals surface area contributed by atoms with Crippen molar-refractivity contribution in [2.45, 2.75) is 33.4 Å². The van der Waals surface area contributed by atoms with Crippen LogP contribution in [0.5, 0.6) is 11.5 Å². The Hall–Kier alpha value is -8.54. The smallest absolute Gasteiger partial charge is 0.323 e. The molecular formula is C63H42N4O+2. The van der Waals surface area contributed by atoms with Crippen molar-refractivity contribution >= 4 is 43.6 Å². The normalized spacial score (nSPS) is 13.8. The Morgan fingerprint density at radius 1 is 0.368 bits per heavy atom. The number of hydrogen-bond acceptors (Lipinski definition) is 1. The standard InChI is InChI=1S/C63H42N4O/c1-35-27-41(39-15-7-5-8-16-39)28-36(2)57(35)43-31-51-52-32-44(58-37(3)29-42(30-38(58)4)40-17-9-6-10-18-40)34-56-65-50-22-14-12-20-46(50)48-24-26-54-60(62(48)65)63(67(52)56)59-53(68-54)25-23-47-45-19-11-13-21-49(45)64(61(47)59)55(33-43)66(51)63/h5-34H,1-4H3/q+2. The zero-order valence-corrected chi connectivity index (χ0v) is 38.0. The molecule has 0 aliphatic carbocycles. The first kappa shape index (κ1) is 36.7. The van der Waals surface area contributed by atoms with E-state index in [0.29, 0.717) is 0 Å². The van der Waals surface area contributed by atoms with Gasteiger partial charge in [0.15, 0.2) is 22.4 Å². The minimum atomic E-state index is -0.800. The first-order valence-electron chi connectivity index (χ1n) is 23.8. The van der Waals surface area contributed by atoms with Crippen LogP contribution in [-0.2, 0) is 5.66 Å². The lowest BCUT2D eigenvalue weighted by Gasteiger charge is -2.38. The van der Waals surface area contributed by atoms with Gasteiger partial charge in [0.05, 0.1) is 0 Å². The molecular weight excluding hydrogens is 829 g/mol. The van der Waals surface area contributed by atoms with Crippen molar-refractivity contribution in [1.29, 1.82) is 0 Å². The number of nitrogens with zero attached hydrogens (tertiary/aromatic N) is 4. The maximum atomic E-state index is 7.24. The Morgan fingerprint density at radius 3 is 1.19 bits per heavy atom. The van der Waals surface area contributed by atoms with Gasteiger partial charge < -0.3 is 4.74 Å². The number of aryl methyl sites for hydroxylation is 4. The molecule has 16 rings (SSSR count). The van der Waals surface area contributed by atoms with Gasteiger partial charge in [-0.15, -0.1) is 0 Å². The second kappa shape index (κ2) is 12.5. The summed E-state index contributed by atoms with van der Waals surface area (Å²) in [6.45, 7) is 9.15. The van der Waals surface area contributed by atoms with Crippen LogP contribution in [0.2, 0.25) is 0 Å². The van der Waals surface area contributed by atoms with Crippen LogP contribution in [0.1, 0.15) is 33.4 Å². The Morgan fingerprint density at radius 2 is 0.765 bits per heavy atom. The first-order chi connectivity index (χ1) is 33.4.